The number of hydrogen-bond donors (Lipinski definition) is 1. The van der Waals surface area contributed by atoms with Crippen LogP contribution in [0.2, 0.25) is 0 Å². The van der Waals surface area contributed by atoms with Crippen LogP contribution >= 0.6 is 0 Å². The van der Waals surface area contributed by atoms with Gasteiger partial charge in [-0.25, -0.2) is 4.68 Å². The molecule has 1 aromatic heterocycles. The number of nitrogens with zero attached hydrogens (tertiary/aromatic N) is 4. The summed E-state index contributed by atoms with van der Waals surface area (Å²) in [4.78, 5) is 25.0. The lowest BCUT2D eigenvalue weighted by atomic mass is 10.1. The van der Waals surface area contributed by atoms with Crippen LogP contribution in [0.15, 0.2) is 30.5 Å². The Morgan fingerprint density at radius 1 is 1.39 bits per heavy atom. The standard InChI is InChI=1S/C16H15N5O2/c1-10-2-4-13(5-3-10)21-16(12(7-17)8-19-21)20-9-11(15(18)23)6-14(20)22/h2-5,8,11H,6,9H2,1H3,(H2,18,23). The number of primary amides is 1. The summed E-state index contributed by atoms with van der Waals surface area (Å²) in [6, 6.07) is 9.61. The Morgan fingerprint density at radius 3 is 2.65 bits per heavy atom. The van der Waals surface area contributed by atoms with Crippen molar-refractivity contribution in [3.05, 3.63) is 41.6 Å². The highest BCUT2D eigenvalue weighted by atomic mass is 16.2. The molecule has 2 heterocycles. The van der Waals surface area contributed by atoms with Crippen molar-refractivity contribution < 1.29 is 9.59 Å². The van der Waals surface area contributed by atoms with Gasteiger partial charge < -0.3 is 5.73 Å². The van der Waals surface area contributed by atoms with E-state index in [4.69, 9.17) is 5.73 Å². The molecule has 23 heavy (non-hydrogen) atoms. The Kier molecular flexibility index (Phi) is 3.58. The van der Waals surface area contributed by atoms with Crippen LogP contribution in [0, 0.1) is 24.2 Å². The van der Waals surface area contributed by atoms with Gasteiger partial charge in [0, 0.05) is 13.0 Å². The fourth-order valence-corrected chi connectivity index (χ4v) is 2.66. The van der Waals surface area contributed by atoms with Gasteiger partial charge in [-0.15, -0.1) is 0 Å². The van der Waals surface area contributed by atoms with Crippen molar-refractivity contribution in [2.45, 2.75) is 13.3 Å². The first kappa shape index (κ1) is 14.8. The minimum Gasteiger partial charge on any atom is -0.369 e. The lowest BCUT2D eigenvalue weighted by Crippen LogP contribution is -2.30. The van der Waals surface area contributed by atoms with Gasteiger partial charge in [-0.3, -0.25) is 14.5 Å². The van der Waals surface area contributed by atoms with Crippen LogP contribution in [0.5, 0.6) is 0 Å². The second kappa shape index (κ2) is 5.57. The molecule has 0 aliphatic carbocycles. The first-order valence-electron chi connectivity index (χ1n) is 7.16. The number of aromatic nitrogens is 2. The highest BCUT2D eigenvalue weighted by molar-refractivity contribution is 6.00. The molecule has 0 saturated carbocycles. The maximum atomic E-state index is 12.3. The van der Waals surface area contributed by atoms with E-state index in [1.807, 2.05) is 37.3 Å². The average molecular weight is 309 g/mol. The summed E-state index contributed by atoms with van der Waals surface area (Å²) in [6.07, 6.45) is 1.47. The number of carbonyl (C=O) groups excluding carboxylic acids is 2. The van der Waals surface area contributed by atoms with E-state index >= 15 is 0 Å². The highest BCUT2D eigenvalue weighted by Crippen LogP contribution is 2.30. The van der Waals surface area contributed by atoms with E-state index in [1.165, 1.54) is 11.1 Å². The molecule has 7 heteroatoms. The molecule has 2 aromatic rings. The van der Waals surface area contributed by atoms with Gasteiger partial charge in [-0.2, -0.15) is 10.4 Å². The third-order valence-corrected chi connectivity index (χ3v) is 3.93. The molecule has 7 nitrogen and oxygen atoms in total. The van der Waals surface area contributed by atoms with E-state index in [0.717, 1.165) is 11.3 Å². The van der Waals surface area contributed by atoms with Gasteiger partial charge in [0.05, 0.1) is 17.8 Å². The summed E-state index contributed by atoms with van der Waals surface area (Å²) in [5.74, 6) is -0.916. The molecule has 0 spiro atoms. The Bertz CT molecular complexity index is 816. The lowest BCUT2D eigenvalue weighted by molar-refractivity contribution is -0.123. The van der Waals surface area contributed by atoms with E-state index in [2.05, 4.69) is 5.10 Å². The van der Waals surface area contributed by atoms with Crippen LogP contribution in [0.25, 0.3) is 5.69 Å². The van der Waals surface area contributed by atoms with Crippen LogP contribution in [0.4, 0.5) is 5.82 Å². The predicted octanol–water partition coefficient (Wildman–Crippen LogP) is 0.891. The van der Waals surface area contributed by atoms with Crippen molar-refractivity contribution in [2.24, 2.45) is 11.7 Å². The van der Waals surface area contributed by atoms with Gasteiger partial charge >= 0.3 is 0 Å². The third kappa shape index (κ3) is 2.55. The first-order chi connectivity index (χ1) is 11.0. The number of carbonyl (C=O) groups is 2. The lowest BCUT2D eigenvalue weighted by Gasteiger charge is -2.18. The van der Waals surface area contributed by atoms with Gasteiger partial charge in [-0.1, -0.05) is 17.7 Å². The molecule has 1 saturated heterocycles. The van der Waals surface area contributed by atoms with Crippen molar-refractivity contribution in [1.29, 1.82) is 5.26 Å². The molecule has 1 atom stereocenters. The molecule has 2 N–H and O–H groups in total. The highest BCUT2D eigenvalue weighted by Gasteiger charge is 2.37. The summed E-state index contributed by atoms with van der Waals surface area (Å²) in [5.41, 5.74) is 7.42. The van der Waals surface area contributed by atoms with Crippen LogP contribution in [-0.2, 0) is 9.59 Å². The number of benzene rings is 1. The van der Waals surface area contributed by atoms with Crippen molar-refractivity contribution in [2.75, 3.05) is 11.4 Å². The quantitative estimate of drug-likeness (QED) is 0.908. The van der Waals surface area contributed by atoms with Gasteiger partial charge in [0.2, 0.25) is 11.8 Å². The second-order valence-corrected chi connectivity index (χ2v) is 5.55. The Balaban J connectivity index is 2.07. The number of nitrogens with two attached hydrogens (primary N) is 1. The molecule has 1 aliphatic heterocycles. The molecule has 116 valence electrons. The predicted molar refractivity (Wildman–Crippen MR) is 82.7 cm³/mol. The molecule has 1 aliphatic rings. The van der Waals surface area contributed by atoms with Crippen molar-refractivity contribution >= 4 is 17.6 Å². The molecule has 1 unspecified atom stereocenters. The minimum absolute atomic E-state index is 0.0548. The summed E-state index contributed by atoms with van der Waals surface area (Å²) in [7, 11) is 0. The normalized spacial score (nSPS) is 17.3. The van der Waals surface area contributed by atoms with Gasteiger partial charge in [-0.05, 0) is 19.1 Å². The largest absolute Gasteiger partial charge is 0.369 e. The van der Waals surface area contributed by atoms with E-state index in [9.17, 15) is 14.9 Å². The number of rotatable bonds is 3. The zero-order valence-electron chi connectivity index (χ0n) is 12.6. The maximum absolute atomic E-state index is 12.3. The van der Waals surface area contributed by atoms with Crippen molar-refractivity contribution in [3.63, 3.8) is 0 Å². The van der Waals surface area contributed by atoms with Gasteiger partial charge in [0.1, 0.15) is 11.6 Å². The van der Waals surface area contributed by atoms with Crippen LogP contribution in [0.1, 0.15) is 17.5 Å². The average Bonchev–Trinajstić information content (AvgIpc) is 3.11. The van der Waals surface area contributed by atoms with Gasteiger partial charge in [0.15, 0.2) is 5.82 Å². The molecule has 1 fully saturated rings. The first-order valence-corrected chi connectivity index (χ1v) is 7.16. The smallest absolute Gasteiger partial charge is 0.229 e. The van der Waals surface area contributed by atoms with Crippen LogP contribution in [0.3, 0.4) is 0 Å². The molecular weight excluding hydrogens is 294 g/mol. The SMILES string of the molecule is Cc1ccc(-n2ncc(C#N)c2N2CC(C(N)=O)CC2=O)cc1. The summed E-state index contributed by atoms with van der Waals surface area (Å²) < 4.78 is 1.54. The van der Waals surface area contributed by atoms with Crippen LogP contribution < -0.4 is 10.6 Å². The minimum atomic E-state index is -0.546. The Labute approximate surface area is 132 Å². The van der Waals surface area contributed by atoms with Crippen LogP contribution in [-0.4, -0.2) is 28.1 Å². The summed E-state index contributed by atoms with van der Waals surface area (Å²) in [5, 5.41) is 13.5. The molecular formula is C16H15N5O2. The molecule has 3 rings (SSSR count). The monoisotopic (exact) mass is 309 g/mol. The Hall–Kier alpha value is -3.14. The summed E-state index contributed by atoms with van der Waals surface area (Å²) >= 11 is 0. The number of aryl methyl sites for hydroxylation is 1. The van der Waals surface area contributed by atoms with Gasteiger partial charge in [0.25, 0.3) is 0 Å². The zero-order valence-corrected chi connectivity index (χ0v) is 12.6. The molecule has 0 bridgehead atoms. The summed E-state index contributed by atoms with van der Waals surface area (Å²) in [6.45, 7) is 2.14. The molecule has 1 aromatic carbocycles. The van der Waals surface area contributed by atoms with E-state index in [1.54, 1.807) is 4.68 Å². The molecule has 2 amide bonds. The third-order valence-electron chi connectivity index (χ3n) is 3.93. The topological polar surface area (TPSA) is 105 Å². The number of amides is 2. The number of hydrogen-bond acceptors (Lipinski definition) is 4. The second-order valence-electron chi connectivity index (χ2n) is 5.55. The fraction of sp³-hybridized carbons (Fsp3) is 0.250. The maximum Gasteiger partial charge on any atom is 0.229 e. The Morgan fingerprint density at radius 2 is 2.09 bits per heavy atom. The fourth-order valence-electron chi connectivity index (χ4n) is 2.66. The number of nitriles is 1. The van der Waals surface area contributed by atoms with E-state index < -0.39 is 11.8 Å². The van der Waals surface area contributed by atoms with Crippen molar-refractivity contribution in [3.8, 4) is 11.8 Å². The van der Waals surface area contributed by atoms with E-state index in [-0.39, 0.29) is 24.4 Å². The number of anilines is 1. The molecule has 0 radical (unpaired) electrons. The van der Waals surface area contributed by atoms with E-state index in [0.29, 0.717) is 5.82 Å². The van der Waals surface area contributed by atoms with Crippen molar-refractivity contribution in [1.82, 2.24) is 9.78 Å². The zero-order chi connectivity index (χ0) is 16.6.